The number of benzene rings is 3. The first-order valence-corrected chi connectivity index (χ1v) is 14.0. The molecule has 0 unspecified atom stereocenters. The molecule has 1 fully saturated rings. The van der Waals surface area contributed by atoms with Gasteiger partial charge in [-0.1, -0.05) is 100 Å². The summed E-state index contributed by atoms with van der Waals surface area (Å²) in [7, 11) is 0. The molecule has 0 N–H and O–H groups in total. The average Bonchev–Trinajstić information content (AvgIpc) is 2.92. The Kier molecular flexibility index (Phi) is 9.66. The molecule has 0 aromatic heterocycles. The minimum absolute atomic E-state index is 0.216. The van der Waals surface area contributed by atoms with Gasteiger partial charge in [0, 0.05) is 11.1 Å². The van der Waals surface area contributed by atoms with Crippen molar-refractivity contribution in [3.63, 3.8) is 0 Å². The first kappa shape index (κ1) is 27.2. The summed E-state index contributed by atoms with van der Waals surface area (Å²) in [5.41, 5.74) is 3.49. The molecule has 0 nitrogen and oxygen atoms in total. The van der Waals surface area contributed by atoms with Crippen LogP contribution >= 0.6 is 0 Å². The van der Waals surface area contributed by atoms with Gasteiger partial charge in [0.15, 0.2) is 11.6 Å². The fourth-order valence-electron chi connectivity index (χ4n) is 5.66. The van der Waals surface area contributed by atoms with Crippen LogP contribution in [0.3, 0.4) is 0 Å². The molecule has 4 rings (SSSR count). The van der Waals surface area contributed by atoms with Crippen molar-refractivity contribution in [3.05, 3.63) is 95.3 Å². The number of hydrogen-bond donors (Lipinski definition) is 0. The number of hydrogen-bond acceptors (Lipinski definition) is 0. The molecule has 196 valence electrons. The lowest BCUT2D eigenvalue weighted by Crippen LogP contribution is -2.13. The summed E-state index contributed by atoms with van der Waals surface area (Å²) in [5.74, 6) is -0.605. The third kappa shape index (κ3) is 6.74. The Morgan fingerprint density at radius 2 is 1.41 bits per heavy atom. The summed E-state index contributed by atoms with van der Waals surface area (Å²) >= 11 is 0. The highest BCUT2D eigenvalue weighted by molar-refractivity contribution is 5.71. The summed E-state index contributed by atoms with van der Waals surface area (Å²) in [4.78, 5) is 0. The van der Waals surface area contributed by atoms with Crippen molar-refractivity contribution in [2.75, 3.05) is 0 Å². The minimum Gasteiger partial charge on any atom is -0.206 e. The predicted octanol–water partition coefficient (Wildman–Crippen LogP) is 10.8. The SMILES string of the molecule is CCC=CCc1ccc(-c2ccc(-c3ccc(C4CCC(CCCCC)CC4)cc3F)cc2)c(F)c1F. The summed E-state index contributed by atoms with van der Waals surface area (Å²) in [5, 5.41) is 0. The van der Waals surface area contributed by atoms with Crippen LogP contribution in [-0.4, -0.2) is 0 Å². The minimum atomic E-state index is -0.842. The van der Waals surface area contributed by atoms with Crippen LogP contribution in [0.5, 0.6) is 0 Å². The van der Waals surface area contributed by atoms with Gasteiger partial charge < -0.3 is 0 Å². The highest BCUT2D eigenvalue weighted by Crippen LogP contribution is 2.39. The topological polar surface area (TPSA) is 0 Å². The van der Waals surface area contributed by atoms with Crippen molar-refractivity contribution >= 4 is 0 Å². The Bertz CT molecular complexity index is 1180. The molecule has 0 heterocycles. The second kappa shape index (κ2) is 13.1. The fraction of sp³-hybridized carbons (Fsp3) is 0.412. The van der Waals surface area contributed by atoms with Crippen LogP contribution in [0.15, 0.2) is 66.7 Å². The van der Waals surface area contributed by atoms with Crippen LogP contribution in [0, 0.1) is 23.4 Å². The van der Waals surface area contributed by atoms with Crippen LogP contribution in [0.4, 0.5) is 13.2 Å². The summed E-state index contributed by atoms with van der Waals surface area (Å²) < 4.78 is 44.6. The van der Waals surface area contributed by atoms with Gasteiger partial charge in [-0.05, 0) is 78.7 Å². The zero-order valence-corrected chi connectivity index (χ0v) is 22.2. The van der Waals surface area contributed by atoms with Gasteiger partial charge in [0.2, 0.25) is 0 Å². The molecule has 0 bridgehead atoms. The van der Waals surface area contributed by atoms with Crippen LogP contribution in [0.25, 0.3) is 22.3 Å². The Balaban J connectivity index is 1.44. The second-order valence-corrected chi connectivity index (χ2v) is 10.5. The van der Waals surface area contributed by atoms with Gasteiger partial charge in [-0.3, -0.25) is 0 Å². The molecule has 3 aromatic carbocycles. The molecule has 1 saturated carbocycles. The largest absolute Gasteiger partial charge is 0.206 e. The molecule has 37 heavy (non-hydrogen) atoms. The highest BCUT2D eigenvalue weighted by atomic mass is 19.2. The number of halogens is 3. The van der Waals surface area contributed by atoms with Crippen molar-refractivity contribution in [2.45, 2.75) is 84.0 Å². The Morgan fingerprint density at radius 3 is 2.05 bits per heavy atom. The van der Waals surface area contributed by atoms with Crippen LogP contribution in [0.1, 0.15) is 88.7 Å². The maximum Gasteiger partial charge on any atom is 0.166 e. The van der Waals surface area contributed by atoms with Crippen molar-refractivity contribution in [2.24, 2.45) is 5.92 Å². The number of rotatable bonds is 10. The lowest BCUT2D eigenvalue weighted by atomic mass is 9.77. The van der Waals surface area contributed by atoms with Gasteiger partial charge in [0.05, 0.1) is 0 Å². The lowest BCUT2D eigenvalue weighted by Gasteiger charge is -2.29. The van der Waals surface area contributed by atoms with E-state index in [1.54, 1.807) is 42.5 Å². The molecule has 3 aromatic rings. The Labute approximate surface area is 220 Å². The molecular formula is C34H39F3. The van der Waals surface area contributed by atoms with E-state index in [0.29, 0.717) is 29.0 Å². The van der Waals surface area contributed by atoms with Gasteiger partial charge in [0.1, 0.15) is 5.82 Å². The van der Waals surface area contributed by atoms with E-state index < -0.39 is 11.6 Å². The standard InChI is InChI=1S/C34H39F3/c1-3-5-7-9-24-11-13-25(14-12-24)29-20-21-30(32(35)23-29)26-15-17-27(18-16-26)31-22-19-28(10-8-6-4-2)33(36)34(31)37/h6,8,15-25H,3-5,7,9-14H2,1-2H3. The second-order valence-electron chi connectivity index (χ2n) is 10.5. The zero-order chi connectivity index (χ0) is 26.2. The fourth-order valence-corrected chi connectivity index (χ4v) is 5.66. The number of unbranched alkanes of at least 4 members (excludes halogenated alkanes) is 2. The molecule has 1 aliphatic rings. The lowest BCUT2D eigenvalue weighted by molar-refractivity contribution is 0.302. The molecule has 0 aliphatic heterocycles. The smallest absolute Gasteiger partial charge is 0.166 e. The van der Waals surface area contributed by atoms with Gasteiger partial charge >= 0.3 is 0 Å². The van der Waals surface area contributed by atoms with E-state index in [9.17, 15) is 8.78 Å². The molecule has 0 atom stereocenters. The third-order valence-corrected chi connectivity index (χ3v) is 7.94. The van der Waals surface area contributed by atoms with Crippen molar-refractivity contribution in [3.8, 4) is 22.3 Å². The van der Waals surface area contributed by atoms with Crippen LogP contribution in [0.2, 0.25) is 0 Å². The van der Waals surface area contributed by atoms with E-state index in [0.717, 1.165) is 36.3 Å². The summed E-state index contributed by atoms with van der Waals surface area (Å²) in [6.07, 6.45) is 15.0. The molecule has 3 heteroatoms. The zero-order valence-electron chi connectivity index (χ0n) is 22.2. The van der Waals surface area contributed by atoms with E-state index in [1.807, 2.05) is 25.1 Å². The maximum absolute atomic E-state index is 15.2. The average molecular weight is 505 g/mol. The molecular weight excluding hydrogens is 465 g/mol. The van der Waals surface area contributed by atoms with Crippen molar-refractivity contribution in [1.29, 1.82) is 0 Å². The molecule has 0 spiro atoms. The van der Waals surface area contributed by atoms with E-state index in [4.69, 9.17) is 0 Å². The van der Waals surface area contributed by atoms with Crippen LogP contribution in [-0.2, 0) is 6.42 Å². The van der Waals surface area contributed by atoms with Gasteiger partial charge in [0.25, 0.3) is 0 Å². The first-order chi connectivity index (χ1) is 18.0. The molecule has 0 amide bonds. The molecule has 0 saturated heterocycles. The Morgan fingerprint density at radius 1 is 0.730 bits per heavy atom. The van der Waals surface area contributed by atoms with E-state index in [2.05, 4.69) is 13.0 Å². The normalized spacial score (nSPS) is 18.0. The predicted molar refractivity (Wildman–Crippen MR) is 149 cm³/mol. The van der Waals surface area contributed by atoms with E-state index in [-0.39, 0.29) is 11.4 Å². The highest BCUT2D eigenvalue weighted by Gasteiger charge is 2.23. The quantitative estimate of drug-likeness (QED) is 0.190. The van der Waals surface area contributed by atoms with Gasteiger partial charge in [-0.2, -0.15) is 0 Å². The van der Waals surface area contributed by atoms with Crippen LogP contribution < -0.4 is 0 Å². The Hall–Kier alpha value is -2.81. The first-order valence-electron chi connectivity index (χ1n) is 14.0. The van der Waals surface area contributed by atoms with E-state index >= 15 is 4.39 Å². The van der Waals surface area contributed by atoms with E-state index in [1.165, 1.54) is 38.5 Å². The van der Waals surface area contributed by atoms with Crippen molar-refractivity contribution < 1.29 is 13.2 Å². The summed E-state index contributed by atoms with van der Waals surface area (Å²) in [6, 6.07) is 15.9. The van der Waals surface area contributed by atoms with Gasteiger partial charge in [-0.25, -0.2) is 13.2 Å². The maximum atomic E-state index is 15.2. The molecule has 1 aliphatic carbocycles. The van der Waals surface area contributed by atoms with Gasteiger partial charge in [-0.15, -0.1) is 0 Å². The number of allylic oxidation sites excluding steroid dienone is 2. The monoisotopic (exact) mass is 504 g/mol. The third-order valence-electron chi connectivity index (χ3n) is 7.94. The van der Waals surface area contributed by atoms with Crippen molar-refractivity contribution in [1.82, 2.24) is 0 Å². The molecule has 0 radical (unpaired) electrons. The summed E-state index contributed by atoms with van der Waals surface area (Å²) in [6.45, 7) is 4.25.